The molecule has 3 heterocycles. The summed E-state index contributed by atoms with van der Waals surface area (Å²) in [6.07, 6.45) is 3.82. The van der Waals surface area contributed by atoms with Gasteiger partial charge >= 0.3 is 0 Å². The van der Waals surface area contributed by atoms with Gasteiger partial charge in [0.2, 0.25) is 0 Å². The first-order valence-corrected chi connectivity index (χ1v) is 7.15. The number of nitrogens with zero attached hydrogens (tertiary/aromatic N) is 4. The first-order valence-electron chi connectivity index (χ1n) is 6.27. The fraction of sp³-hybridized carbons (Fsp3) is 0.214. The summed E-state index contributed by atoms with van der Waals surface area (Å²) in [4.78, 5) is 8.90. The van der Waals surface area contributed by atoms with Crippen LogP contribution in [0.5, 0.6) is 0 Å². The molecule has 0 amide bonds. The Kier molecular flexibility index (Phi) is 3.23. The molecule has 0 fully saturated rings. The number of hydrogen-bond acceptors (Lipinski definition) is 5. The summed E-state index contributed by atoms with van der Waals surface area (Å²) in [7, 11) is 1.91. The Labute approximate surface area is 121 Å². The van der Waals surface area contributed by atoms with Crippen molar-refractivity contribution in [2.75, 3.05) is 5.32 Å². The predicted octanol–water partition coefficient (Wildman–Crippen LogP) is 3.30. The number of aryl methyl sites for hydroxylation is 3. The Morgan fingerprint density at radius 3 is 2.75 bits per heavy atom. The van der Waals surface area contributed by atoms with Crippen LogP contribution in [0.2, 0.25) is 0 Å². The molecule has 0 saturated heterocycles. The van der Waals surface area contributed by atoms with Crippen molar-refractivity contribution in [1.29, 1.82) is 0 Å². The summed E-state index contributed by atoms with van der Waals surface area (Å²) in [5.74, 6) is 0.805. The molecule has 0 radical (unpaired) electrons. The molecule has 0 aliphatic heterocycles. The number of rotatable bonds is 3. The minimum atomic E-state index is 0.805. The quantitative estimate of drug-likeness (QED) is 0.802. The van der Waals surface area contributed by atoms with E-state index in [2.05, 4.69) is 20.4 Å². The van der Waals surface area contributed by atoms with E-state index < -0.39 is 0 Å². The standard InChI is InChI=1S/C14H15N5S/c1-9-4-5-13(15-6-9)17-14-16-12(8-20-14)11-7-19(3)18-10(11)2/h4-8H,1-3H3,(H,15,16,17). The van der Waals surface area contributed by atoms with Crippen molar-refractivity contribution in [2.45, 2.75) is 13.8 Å². The van der Waals surface area contributed by atoms with Gasteiger partial charge in [0.1, 0.15) is 5.82 Å². The SMILES string of the molecule is Cc1ccc(Nc2nc(-c3cn(C)nc3C)cs2)nc1. The van der Waals surface area contributed by atoms with Crippen LogP contribution in [-0.4, -0.2) is 19.7 Å². The van der Waals surface area contributed by atoms with E-state index in [1.807, 2.05) is 50.8 Å². The highest BCUT2D eigenvalue weighted by Gasteiger charge is 2.10. The zero-order valence-corrected chi connectivity index (χ0v) is 12.4. The van der Waals surface area contributed by atoms with Gasteiger partial charge in [-0.25, -0.2) is 9.97 Å². The fourth-order valence-electron chi connectivity index (χ4n) is 1.96. The van der Waals surface area contributed by atoms with Crippen LogP contribution in [-0.2, 0) is 7.05 Å². The molecule has 3 aromatic rings. The van der Waals surface area contributed by atoms with E-state index in [0.717, 1.165) is 33.5 Å². The molecule has 0 aliphatic carbocycles. The Balaban J connectivity index is 1.83. The van der Waals surface area contributed by atoms with Gasteiger partial charge in [-0.2, -0.15) is 5.10 Å². The summed E-state index contributed by atoms with van der Waals surface area (Å²) in [6.45, 7) is 4.01. The molecule has 0 aromatic carbocycles. The zero-order valence-electron chi connectivity index (χ0n) is 11.6. The first-order chi connectivity index (χ1) is 9.61. The molecule has 0 saturated carbocycles. The number of pyridine rings is 1. The molecule has 0 aliphatic rings. The molecular weight excluding hydrogens is 270 g/mol. The van der Waals surface area contributed by atoms with E-state index >= 15 is 0 Å². The molecule has 5 nitrogen and oxygen atoms in total. The van der Waals surface area contributed by atoms with E-state index in [1.165, 1.54) is 0 Å². The maximum absolute atomic E-state index is 4.59. The maximum atomic E-state index is 4.59. The average Bonchev–Trinajstić information content (AvgIpc) is 2.99. The lowest BCUT2D eigenvalue weighted by atomic mass is 10.2. The highest BCUT2D eigenvalue weighted by molar-refractivity contribution is 7.14. The molecule has 1 N–H and O–H groups in total. The van der Waals surface area contributed by atoms with Gasteiger partial charge in [0.05, 0.1) is 11.4 Å². The van der Waals surface area contributed by atoms with Crippen molar-refractivity contribution in [2.24, 2.45) is 7.05 Å². The summed E-state index contributed by atoms with van der Waals surface area (Å²) in [5, 5.41) is 10.4. The van der Waals surface area contributed by atoms with Gasteiger partial charge in [0, 0.05) is 30.4 Å². The van der Waals surface area contributed by atoms with Crippen molar-refractivity contribution in [3.63, 3.8) is 0 Å². The summed E-state index contributed by atoms with van der Waals surface area (Å²) < 4.78 is 1.80. The second-order valence-electron chi connectivity index (χ2n) is 4.69. The van der Waals surface area contributed by atoms with E-state index in [-0.39, 0.29) is 0 Å². The topological polar surface area (TPSA) is 55.6 Å². The van der Waals surface area contributed by atoms with Crippen molar-refractivity contribution in [3.8, 4) is 11.3 Å². The summed E-state index contributed by atoms with van der Waals surface area (Å²) in [5.41, 5.74) is 4.13. The van der Waals surface area contributed by atoms with Crippen LogP contribution in [0.3, 0.4) is 0 Å². The molecule has 102 valence electrons. The third-order valence-corrected chi connectivity index (χ3v) is 3.70. The van der Waals surface area contributed by atoms with Gasteiger partial charge in [0.25, 0.3) is 0 Å². The van der Waals surface area contributed by atoms with Gasteiger partial charge in [-0.05, 0) is 25.5 Å². The minimum absolute atomic E-state index is 0.805. The van der Waals surface area contributed by atoms with E-state index in [4.69, 9.17) is 0 Å². The van der Waals surface area contributed by atoms with Gasteiger partial charge < -0.3 is 5.32 Å². The van der Waals surface area contributed by atoms with E-state index in [1.54, 1.807) is 16.0 Å². The van der Waals surface area contributed by atoms with Crippen molar-refractivity contribution in [3.05, 3.63) is 41.2 Å². The first kappa shape index (κ1) is 12.8. The third kappa shape index (κ3) is 2.55. The van der Waals surface area contributed by atoms with E-state index in [9.17, 15) is 0 Å². The van der Waals surface area contributed by atoms with Crippen LogP contribution in [0, 0.1) is 13.8 Å². The largest absolute Gasteiger partial charge is 0.316 e. The van der Waals surface area contributed by atoms with Gasteiger partial charge in [0.15, 0.2) is 5.13 Å². The monoisotopic (exact) mass is 285 g/mol. The second kappa shape index (κ2) is 5.05. The zero-order chi connectivity index (χ0) is 14.1. The van der Waals surface area contributed by atoms with Gasteiger partial charge in [-0.3, -0.25) is 4.68 Å². The molecule has 0 bridgehead atoms. The Bertz CT molecular complexity index is 726. The van der Waals surface area contributed by atoms with Crippen LogP contribution < -0.4 is 5.32 Å². The maximum Gasteiger partial charge on any atom is 0.188 e. The normalized spacial score (nSPS) is 10.8. The van der Waals surface area contributed by atoms with Gasteiger partial charge in [-0.1, -0.05) is 6.07 Å². The molecule has 0 atom stereocenters. The molecular formula is C14H15N5S. The smallest absolute Gasteiger partial charge is 0.188 e. The van der Waals surface area contributed by atoms with Crippen LogP contribution in [0.1, 0.15) is 11.3 Å². The van der Waals surface area contributed by atoms with Crippen molar-refractivity contribution in [1.82, 2.24) is 19.7 Å². The lowest BCUT2D eigenvalue weighted by Gasteiger charge is -2.01. The number of anilines is 2. The van der Waals surface area contributed by atoms with E-state index in [0.29, 0.717) is 0 Å². The highest BCUT2D eigenvalue weighted by atomic mass is 32.1. The van der Waals surface area contributed by atoms with Crippen LogP contribution >= 0.6 is 11.3 Å². The van der Waals surface area contributed by atoms with Crippen molar-refractivity contribution < 1.29 is 0 Å². The minimum Gasteiger partial charge on any atom is -0.316 e. The molecule has 6 heteroatoms. The average molecular weight is 285 g/mol. The number of aromatic nitrogens is 4. The lowest BCUT2D eigenvalue weighted by Crippen LogP contribution is -1.92. The second-order valence-corrected chi connectivity index (χ2v) is 5.54. The Morgan fingerprint density at radius 1 is 1.25 bits per heavy atom. The predicted molar refractivity (Wildman–Crippen MR) is 81.3 cm³/mol. The molecule has 0 spiro atoms. The Hall–Kier alpha value is -2.21. The van der Waals surface area contributed by atoms with Crippen molar-refractivity contribution >= 4 is 22.3 Å². The fourth-order valence-corrected chi connectivity index (χ4v) is 2.67. The highest BCUT2D eigenvalue weighted by Crippen LogP contribution is 2.28. The number of thiazole rings is 1. The van der Waals surface area contributed by atoms with Crippen LogP contribution in [0.4, 0.5) is 10.9 Å². The molecule has 0 unspecified atom stereocenters. The van der Waals surface area contributed by atoms with Crippen LogP contribution in [0.15, 0.2) is 29.9 Å². The number of nitrogens with one attached hydrogen (secondary N) is 1. The lowest BCUT2D eigenvalue weighted by molar-refractivity contribution is 0.756. The summed E-state index contributed by atoms with van der Waals surface area (Å²) >= 11 is 1.56. The van der Waals surface area contributed by atoms with Crippen LogP contribution in [0.25, 0.3) is 11.3 Å². The Morgan fingerprint density at radius 2 is 2.10 bits per heavy atom. The molecule has 3 rings (SSSR count). The van der Waals surface area contributed by atoms with Gasteiger partial charge in [-0.15, -0.1) is 11.3 Å². The number of hydrogen-bond donors (Lipinski definition) is 1. The third-order valence-electron chi connectivity index (χ3n) is 2.94. The summed E-state index contributed by atoms with van der Waals surface area (Å²) in [6, 6.07) is 3.97. The molecule has 20 heavy (non-hydrogen) atoms. The molecule has 3 aromatic heterocycles.